The van der Waals surface area contributed by atoms with Gasteiger partial charge in [0.15, 0.2) is 0 Å². The van der Waals surface area contributed by atoms with E-state index in [1.165, 1.54) is 4.90 Å². The number of hydrogen-bond donors (Lipinski definition) is 0. The molecule has 138 valence electrons. The van der Waals surface area contributed by atoms with E-state index in [4.69, 9.17) is 0 Å². The summed E-state index contributed by atoms with van der Waals surface area (Å²) in [6.45, 7) is 2.91. The van der Waals surface area contributed by atoms with Gasteiger partial charge in [-0.1, -0.05) is 6.92 Å². The first-order valence-electron chi connectivity index (χ1n) is 8.69. The number of likely N-dealkylation sites (tertiary alicyclic amines) is 1. The van der Waals surface area contributed by atoms with Gasteiger partial charge in [0.2, 0.25) is 11.8 Å². The number of carbonyl (C=O) groups excluding carboxylic acids is 2. The molecule has 0 aromatic carbocycles. The summed E-state index contributed by atoms with van der Waals surface area (Å²) in [5.74, 6) is -0.104. The second kappa shape index (κ2) is 8.18. The van der Waals surface area contributed by atoms with Crippen LogP contribution in [0, 0.1) is 0 Å². The fraction of sp³-hybridized carbons (Fsp3) is 0.875. The van der Waals surface area contributed by atoms with Crippen molar-refractivity contribution >= 4 is 11.8 Å². The zero-order chi connectivity index (χ0) is 17.7. The van der Waals surface area contributed by atoms with Crippen LogP contribution in [-0.4, -0.2) is 78.0 Å². The summed E-state index contributed by atoms with van der Waals surface area (Å²) in [5.41, 5.74) is 0. The van der Waals surface area contributed by atoms with Crippen LogP contribution in [0.5, 0.6) is 0 Å². The van der Waals surface area contributed by atoms with Crippen molar-refractivity contribution in [3.63, 3.8) is 0 Å². The van der Waals surface area contributed by atoms with Gasteiger partial charge in [-0.2, -0.15) is 13.2 Å². The molecule has 0 N–H and O–H groups in total. The fourth-order valence-electron chi connectivity index (χ4n) is 3.49. The molecule has 2 saturated heterocycles. The number of halogens is 3. The van der Waals surface area contributed by atoms with Crippen LogP contribution < -0.4 is 0 Å². The van der Waals surface area contributed by atoms with Crippen LogP contribution >= 0.6 is 0 Å². The van der Waals surface area contributed by atoms with Crippen LogP contribution in [0.3, 0.4) is 0 Å². The molecule has 0 aromatic rings. The predicted octanol–water partition coefficient (Wildman–Crippen LogP) is 1.87. The molecule has 2 aliphatic rings. The molecule has 8 heteroatoms. The van der Waals surface area contributed by atoms with E-state index in [2.05, 4.69) is 0 Å². The highest BCUT2D eigenvalue weighted by Gasteiger charge is 2.37. The van der Waals surface area contributed by atoms with Crippen molar-refractivity contribution in [1.82, 2.24) is 14.7 Å². The average molecular weight is 349 g/mol. The quantitative estimate of drug-likeness (QED) is 0.778. The van der Waals surface area contributed by atoms with Gasteiger partial charge in [-0.15, -0.1) is 0 Å². The highest BCUT2D eigenvalue weighted by atomic mass is 19.4. The van der Waals surface area contributed by atoms with Crippen LogP contribution in [0.4, 0.5) is 13.2 Å². The number of amides is 2. The van der Waals surface area contributed by atoms with E-state index in [9.17, 15) is 22.8 Å². The molecule has 0 spiro atoms. The lowest BCUT2D eigenvalue weighted by Crippen LogP contribution is -2.48. The summed E-state index contributed by atoms with van der Waals surface area (Å²) >= 11 is 0. The van der Waals surface area contributed by atoms with Gasteiger partial charge in [-0.3, -0.25) is 14.5 Å². The molecule has 2 heterocycles. The van der Waals surface area contributed by atoms with Crippen LogP contribution in [0.1, 0.15) is 39.0 Å². The van der Waals surface area contributed by atoms with Crippen LogP contribution in [0.25, 0.3) is 0 Å². The van der Waals surface area contributed by atoms with E-state index in [0.717, 1.165) is 12.8 Å². The number of alkyl halides is 3. The van der Waals surface area contributed by atoms with Gasteiger partial charge in [0, 0.05) is 39.1 Å². The third-order valence-electron chi connectivity index (χ3n) is 4.63. The lowest BCUT2D eigenvalue weighted by molar-refractivity contribution is -0.146. The van der Waals surface area contributed by atoms with Gasteiger partial charge < -0.3 is 9.80 Å². The van der Waals surface area contributed by atoms with E-state index < -0.39 is 18.8 Å². The van der Waals surface area contributed by atoms with Crippen LogP contribution in [0.15, 0.2) is 0 Å². The molecule has 2 rings (SSSR count). The van der Waals surface area contributed by atoms with Crippen molar-refractivity contribution in [2.45, 2.75) is 51.2 Å². The van der Waals surface area contributed by atoms with Crippen molar-refractivity contribution in [3.8, 4) is 0 Å². The molecule has 0 radical (unpaired) electrons. The maximum absolute atomic E-state index is 12.8. The smallest absolute Gasteiger partial charge is 0.340 e. The molecule has 0 saturated carbocycles. The molecule has 2 aliphatic heterocycles. The van der Waals surface area contributed by atoms with Gasteiger partial charge in [0.25, 0.3) is 0 Å². The topological polar surface area (TPSA) is 43.9 Å². The summed E-state index contributed by atoms with van der Waals surface area (Å²) in [4.78, 5) is 29.5. The predicted molar refractivity (Wildman–Crippen MR) is 83.3 cm³/mol. The Balaban J connectivity index is 1.93. The lowest BCUT2D eigenvalue weighted by atomic mass is 10.1. The Morgan fingerprint density at radius 3 is 2.46 bits per heavy atom. The number of hydrogen-bond acceptors (Lipinski definition) is 3. The van der Waals surface area contributed by atoms with Crippen molar-refractivity contribution in [2.24, 2.45) is 0 Å². The van der Waals surface area contributed by atoms with Crippen molar-refractivity contribution in [1.29, 1.82) is 0 Å². The molecule has 0 aliphatic carbocycles. The zero-order valence-corrected chi connectivity index (χ0v) is 14.1. The number of nitrogens with zero attached hydrogens (tertiary/aromatic N) is 3. The van der Waals surface area contributed by atoms with E-state index in [0.29, 0.717) is 45.4 Å². The summed E-state index contributed by atoms with van der Waals surface area (Å²) in [7, 11) is 0. The van der Waals surface area contributed by atoms with Gasteiger partial charge >= 0.3 is 6.18 Å². The van der Waals surface area contributed by atoms with Crippen molar-refractivity contribution in [2.75, 3.05) is 39.3 Å². The average Bonchev–Trinajstić information content (AvgIpc) is 2.87. The maximum Gasteiger partial charge on any atom is 0.401 e. The largest absolute Gasteiger partial charge is 0.401 e. The van der Waals surface area contributed by atoms with E-state index >= 15 is 0 Å². The first-order chi connectivity index (χ1) is 11.3. The molecule has 2 amide bonds. The Bertz CT molecular complexity index is 456. The zero-order valence-electron chi connectivity index (χ0n) is 14.1. The summed E-state index contributed by atoms with van der Waals surface area (Å²) in [5, 5.41) is 0. The molecule has 1 atom stereocenters. The Morgan fingerprint density at radius 2 is 1.79 bits per heavy atom. The number of rotatable bonds is 4. The Labute approximate surface area is 140 Å². The van der Waals surface area contributed by atoms with Crippen molar-refractivity contribution < 1.29 is 22.8 Å². The maximum atomic E-state index is 12.8. The third kappa shape index (κ3) is 5.09. The lowest BCUT2D eigenvalue weighted by Gasteiger charge is -2.30. The van der Waals surface area contributed by atoms with Gasteiger partial charge in [-0.25, -0.2) is 0 Å². The Hall–Kier alpha value is -1.31. The van der Waals surface area contributed by atoms with Gasteiger partial charge in [0.05, 0.1) is 6.54 Å². The normalized spacial score (nSPS) is 23.4. The summed E-state index contributed by atoms with van der Waals surface area (Å²) in [6.07, 6.45) is -1.06. The van der Waals surface area contributed by atoms with E-state index in [1.807, 2.05) is 6.92 Å². The Kier molecular flexibility index (Phi) is 6.48. The fourth-order valence-corrected chi connectivity index (χ4v) is 3.49. The second-order valence-electron chi connectivity index (χ2n) is 6.57. The highest BCUT2D eigenvalue weighted by molar-refractivity contribution is 5.88. The highest BCUT2D eigenvalue weighted by Crippen LogP contribution is 2.22. The molecular formula is C16H26F3N3O2. The molecule has 0 aromatic heterocycles. The van der Waals surface area contributed by atoms with E-state index in [1.54, 1.807) is 9.80 Å². The van der Waals surface area contributed by atoms with Gasteiger partial charge in [0.1, 0.15) is 6.04 Å². The molecular weight excluding hydrogens is 323 g/mol. The number of carbonyl (C=O) groups is 2. The van der Waals surface area contributed by atoms with E-state index in [-0.39, 0.29) is 18.4 Å². The molecule has 5 nitrogen and oxygen atoms in total. The first kappa shape index (κ1) is 19.0. The molecule has 2 fully saturated rings. The SMILES string of the molecule is CCCC(=O)N1CCCC1C(=O)N1CCCN(CC(F)(F)F)CC1. The minimum Gasteiger partial charge on any atom is -0.340 e. The Morgan fingerprint density at radius 1 is 1.04 bits per heavy atom. The first-order valence-corrected chi connectivity index (χ1v) is 8.69. The monoisotopic (exact) mass is 349 g/mol. The standard InChI is InChI=1S/C16H26F3N3O2/c1-2-5-14(23)22-9-3-6-13(22)15(24)21-8-4-7-20(10-11-21)12-16(17,18)19/h13H,2-12H2,1H3. The minimum atomic E-state index is -4.21. The summed E-state index contributed by atoms with van der Waals surface area (Å²) in [6, 6.07) is -0.432. The van der Waals surface area contributed by atoms with Crippen molar-refractivity contribution in [3.05, 3.63) is 0 Å². The molecule has 24 heavy (non-hydrogen) atoms. The van der Waals surface area contributed by atoms with Gasteiger partial charge in [-0.05, 0) is 25.7 Å². The molecule has 0 bridgehead atoms. The van der Waals surface area contributed by atoms with Crippen LogP contribution in [0.2, 0.25) is 0 Å². The second-order valence-corrected chi connectivity index (χ2v) is 6.57. The summed E-state index contributed by atoms with van der Waals surface area (Å²) < 4.78 is 37.6. The molecule has 1 unspecified atom stereocenters. The minimum absolute atomic E-state index is 0.00173. The third-order valence-corrected chi connectivity index (χ3v) is 4.63. The van der Waals surface area contributed by atoms with Crippen LogP contribution in [-0.2, 0) is 9.59 Å².